The number of nitrogens with one attached hydrogen (secondary N) is 1. The van der Waals surface area contributed by atoms with Crippen LogP contribution in [0.3, 0.4) is 0 Å². The average molecular weight is 279 g/mol. The number of rotatable bonds is 0. The van der Waals surface area contributed by atoms with Gasteiger partial charge >= 0.3 is 11.8 Å². The first kappa shape index (κ1) is 12.6. The first-order valence-electron chi connectivity index (χ1n) is 6.60. The largest absolute Gasteiger partial charge is 0.332 e. The molecular formula is C13H17N3O2S. The molecule has 0 aliphatic carbocycles. The molecule has 0 bridgehead atoms. The SMILES string of the molecule is O=C(C(=O)N1CCc2sccc2C1)N1CCNCC1. The summed E-state index contributed by atoms with van der Waals surface area (Å²) in [5.74, 6) is -0.695. The molecule has 1 saturated heterocycles. The van der Waals surface area contributed by atoms with Crippen molar-refractivity contribution in [2.45, 2.75) is 13.0 Å². The average Bonchev–Trinajstić information content (AvgIpc) is 2.94. The highest BCUT2D eigenvalue weighted by Gasteiger charge is 2.30. The first-order valence-corrected chi connectivity index (χ1v) is 7.48. The maximum atomic E-state index is 12.2. The zero-order valence-electron chi connectivity index (χ0n) is 10.7. The van der Waals surface area contributed by atoms with E-state index in [1.807, 2.05) is 0 Å². The van der Waals surface area contributed by atoms with Crippen molar-refractivity contribution >= 4 is 23.2 Å². The summed E-state index contributed by atoms with van der Waals surface area (Å²) in [5.41, 5.74) is 1.19. The molecule has 0 radical (unpaired) electrons. The van der Waals surface area contributed by atoms with Crippen molar-refractivity contribution < 1.29 is 9.59 Å². The van der Waals surface area contributed by atoms with Gasteiger partial charge in [-0.3, -0.25) is 9.59 Å². The lowest BCUT2D eigenvalue weighted by atomic mass is 10.1. The lowest BCUT2D eigenvalue weighted by Crippen LogP contribution is -2.52. The number of piperazine rings is 1. The molecule has 1 fully saturated rings. The number of hydrogen-bond acceptors (Lipinski definition) is 4. The molecule has 6 heteroatoms. The molecule has 2 amide bonds. The highest BCUT2D eigenvalue weighted by Crippen LogP contribution is 2.24. The maximum absolute atomic E-state index is 12.2. The van der Waals surface area contributed by atoms with E-state index in [0.29, 0.717) is 26.2 Å². The quantitative estimate of drug-likeness (QED) is 0.684. The molecule has 3 rings (SSSR count). The van der Waals surface area contributed by atoms with Crippen LogP contribution >= 0.6 is 11.3 Å². The predicted molar refractivity (Wildman–Crippen MR) is 72.9 cm³/mol. The van der Waals surface area contributed by atoms with Gasteiger partial charge in [0, 0.05) is 44.1 Å². The van der Waals surface area contributed by atoms with Crippen molar-refractivity contribution in [3.63, 3.8) is 0 Å². The standard InChI is InChI=1S/C13H17N3O2S/c17-12(15-6-3-14-4-7-15)13(18)16-5-1-11-10(9-16)2-8-19-11/h2,8,14H,1,3-7,9H2. The van der Waals surface area contributed by atoms with E-state index >= 15 is 0 Å². The fourth-order valence-corrected chi connectivity index (χ4v) is 3.45. The van der Waals surface area contributed by atoms with Crippen molar-refractivity contribution in [3.05, 3.63) is 21.9 Å². The van der Waals surface area contributed by atoms with E-state index in [1.54, 1.807) is 21.1 Å². The Hall–Kier alpha value is -1.40. The summed E-state index contributed by atoms with van der Waals surface area (Å²) in [6.45, 7) is 4.03. The summed E-state index contributed by atoms with van der Waals surface area (Å²) in [7, 11) is 0. The van der Waals surface area contributed by atoms with Gasteiger partial charge < -0.3 is 15.1 Å². The van der Waals surface area contributed by atoms with Crippen LogP contribution in [0.4, 0.5) is 0 Å². The van der Waals surface area contributed by atoms with Crippen LogP contribution < -0.4 is 5.32 Å². The molecule has 0 aromatic carbocycles. The summed E-state index contributed by atoms with van der Waals surface area (Å²) in [4.78, 5) is 29.1. The van der Waals surface area contributed by atoms with E-state index in [9.17, 15) is 9.59 Å². The van der Waals surface area contributed by atoms with Crippen molar-refractivity contribution in [1.29, 1.82) is 0 Å². The van der Waals surface area contributed by atoms with E-state index in [0.717, 1.165) is 19.5 Å². The molecule has 5 nitrogen and oxygen atoms in total. The summed E-state index contributed by atoms with van der Waals surface area (Å²) >= 11 is 1.73. The molecule has 0 atom stereocenters. The fourth-order valence-electron chi connectivity index (χ4n) is 2.56. The smallest absolute Gasteiger partial charge is 0.312 e. The molecule has 1 N–H and O–H groups in total. The van der Waals surface area contributed by atoms with Crippen LogP contribution in [0.5, 0.6) is 0 Å². The van der Waals surface area contributed by atoms with Gasteiger partial charge in [0.25, 0.3) is 0 Å². The zero-order chi connectivity index (χ0) is 13.2. The molecule has 102 valence electrons. The molecule has 0 spiro atoms. The van der Waals surface area contributed by atoms with E-state index in [2.05, 4.69) is 16.8 Å². The molecule has 0 unspecified atom stereocenters. The monoisotopic (exact) mass is 279 g/mol. The van der Waals surface area contributed by atoms with Gasteiger partial charge in [-0.15, -0.1) is 11.3 Å². The number of carbonyl (C=O) groups excluding carboxylic acids is 2. The van der Waals surface area contributed by atoms with Gasteiger partial charge in [0.05, 0.1) is 0 Å². The van der Waals surface area contributed by atoms with Crippen LogP contribution in [0, 0.1) is 0 Å². The third kappa shape index (κ3) is 2.50. The van der Waals surface area contributed by atoms with Gasteiger partial charge in [0.1, 0.15) is 0 Å². The third-order valence-electron chi connectivity index (χ3n) is 3.68. The van der Waals surface area contributed by atoms with E-state index in [1.165, 1.54) is 10.4 Å². The van der Waals surface area contributed by atoms with Crippen molar-refractivity contribution in [3.8, 4) is 0 Å². The molecule has 1 aromatic heterocycles. The first-order chi connectivity index (χ1) is 9.25. The summed E-state index contributed by atoms with van der Waals surface area (Å²) in [6, 6.07) is 2.05. The topological polar surface area (TPSA) is 52.7 Å². The second-order valence-electron chi connectivity index (χ2n) is 4.89. The minimum Gasteiger partial charge on any atom is -0.332 e. The van der Waals surface area contributed by atoms with Crippen LogP contribution in [0.15, 0.2) is 11.4 Å². The lowest BCUT2D eigenvalue weighted by molar-refractivity contribution is -0.152. The lowest BCUT2D eigenvalue weighted by Gasteiger charge is -2.31. The summed E-state index contributed by atoms with van der Waals surface area (Å²) in [6.07, 6.45) is 0.869. The molecule has 0 saturated carbocycles. The number of amides is 2. The Labute approximate surface area is 116 Å². The molecule has 19 heavy (non-hydrogen) atoms. The van der Waals surface area contributed by atoms with Gasteiger partial charge in [-0.25, -0.2) is 0 Å². The molecule has 2 aliphatic heterocycles. The van der Waals surface area contributed by atoms with Crippen molar-refractivity contribution in [2.75, 3.05) is 32.7 Å². The number of carbonyl (C=O) groups is 2. The van der Waals surface area contributed by atoms with Gasteiger partial charge in [0.2, 0.25) is 0 Å². The Balaban J connectivity index is 1.66. The number of hydrogen-bond donors (Lipinski definition) is 1. The second kappa shape index (κ2) is 5.30. The highest BCUT2D eigenvalue weighted by atomic mass is 32.1. The molecule has 1 aromatic rings. The van der Waals surface area contributed by atoms with Gasteiger partial charge in [-0.1, -0.05) is 0 Å². The van der Waals surface area contributed by atoms with Crippen LogP contribution in [0.25, 0.3) is 0 Å². The number of nitrogens with zero attached hydrogens (tertiary/aromatic N) is 2. The second-order valence-corrected chi connectivity index (χ2v) is 5.89. The van der Waals surface area contributed by atoms with E-state index < -0.39 is 0 Å². The zero-order valence-corrected chi connectivity index (χ0v) is 11.5. The summed E-state index contributed by atoms with van der Waals surface area (Å²) < 4.78 is 0. The molecular weight excluding hydrogens is 262 g/mol. The Morgan fingerprint density at radius 2 is 1.84 bits per heavy atom. The minimum atomic E-state index is -0.348. The highest BCUT2D eigenvalue weighted by molar-refractivity contribution is 7.10. The van der Waals surface area contributed by atoms with Gasteiger partial charge in [-0.05, 0) is 23.4 Å². The number of fused-ring (bicyclic) bond motifs is 1. The molecule has 3 heterocycles. The van der Waals surface area contributed by atoms with E-state index in [4.69, 9.17) is 0 Å². The van der Waals surface area contributed by atoms with Gasteiger partial charge in [0.15, 0.2) is 0 Å². The van der Waals surface area contributed by atoms with Crippen LogP contribution in [-0.2, 0) is 22.6 Å². The Bertz CT molecular complexity index is 494. The minimum absolute atomic E-state index is 0.347. The van der Waals surface area contributed by atoms with Crippen LogP contribution in [0.2, 0.25) is 0 Å². The number of thiophene rings is 1. The predicted octanol–water partition coefficient (Wildman–Crippen LogP) is 0.0646. The maximum Gasteiger partial charge on any atom is 0.312 e. The third-order valence-corrected chi connectivity index (χ3v) is 4.71. The Morgan fingerprint density at radius 3 is 2.63 bits per heavy atom. The van der Waals surface area contributed by atoms with Gasteiger partial charge in [-0.2, -0.15) is 0 Å². The fraction of sp³-hybridized carbons (Fsp3) is 0.538. The van der Waals surface area contributed by atoms with Crippen LogP contribution in [-0.4, -0.2) is 54.3 Å². The molecule has 2 aliphatic rings. The Morgan fingerprint density at radius 1 is 1.11 bits per heavy atom. The van der Waals surface area contributed by atoms with E-state index in [-0.39, 0.29) is 11.8 Å². The summed E-state index contributed by atoms with van der Waals surface area (Å²) in [5, 5.41) is 5.23. The Kier molecular flexibility index (Phi) is 3.52. The van der Waals surface area contributed by atoms with Crippen LogP contribution in [0.1, 0.15) is 10.4 Å². The normalized spacial score (nSPS) is 19.2. The van der Waals surface area contributed by atoms with Crippen molar-refractivity contribution in [1.82, 2.24) is 15.1 Å². The van der Waals surface area contributed by atoms with Crippen molar-refractivity contribution in [2.24, 2.45) is 0 Å².